The molecule has 0 bridgehead atoms. The lowest BCUT2D eigenvalue weighted by atomic mass is 9.92. The minimum absolute atomic E-state index is 0.403. The first-order valence-corrected chi connectivity index (χ1v) is 4.82. The number of nitrogens with zero attached hydrogens (tertiary/aromatic N) is 3. The van der Waals surface area contributed by atoms with Gasteiger partial charge in [0.05, 0.1) is 12.4 Å². The van der Waals surface area contributed by atoms with Crippen LogP contribution in [0.4, 0.5) is 4.39 Å². The highest BCUT2D eigenvalue weighted by Crippen LogP contribution is 2.28. The molecule has 84 valence electrons. The maximum atomic E-state index is 13.0. The summed E-state index contributed by atoms with van der Waals surface area (Å²) in [6, 6.07) is 1.26. The Morgan fingerprint density at radius 1 is 1.31 bits per heavy atom. The topological polar surface area (TPSA) is 50.9 Å². The molecule has 5 heteroatoms. The summed E-state index contributed by atoms with van der Waals surface area (Å²) in [6.45, 7) is 1.58. The Balaban J connectivity index is 2.46. The van der Waals surface area contributed by atoms with Crippen molar-refractivity contribution in [3.63, 3.8) is 0 Å². The molecule has 1 unspecified atom stereocenters. The van der Waals surface area contributed by atoms with E-state index in [1.54, 1.807) is 31.0 Å². The van der Waals surface area contributed by atoms with Crippen molar-refractivity contribution in [3.8, 4) is 0 Å². The number of aliphatic hydroxyl groups is 1. The number of pyridine rings is 1. The number of hydrogen-bond acceptors (Lipinski definition) is 3. The lowest BCUT2D eigenvalue weighted by Gasteiger charge is -2.21. The van der Waals surface area contributed by atoms with Gasteiger partial charge in [0.25, 0.3) is 0 Å². The zero-order valence-electron chi connectivity index (χ0n) is 9.05. The number of rotatable bonds is 2. The molecule has 0 aliphatic rings. The van der Waals surface area contributed by atoms with Gasteiger partial charge in [-0.05, 0) is 13.0 Å². The predicted molar refractivity (Wildman–Crippen MR) is 56.1 cm³/mol. The van der Waals surface area contributed by atoms with E-state index in [4.69, 9.17) is 0 Å². The van der Waals surface area contributed by atoms with Crippen LogP contribution in [0, 0.1) is 5.82 Å². The molecule has 4 nitrogen and oxygen atoms in total. The molecule has 2 heterocycles. The van der Waals surface area contributed by atoms with Crippen molar-refractivity contribution in [3.05, 3.63) is 47.8 Å². The van der Waals surface area contributed by atoms with Crippen LogP contribution in [0.5, 0.6) is 0 Å². The largest absolute Gasteiger partial charge is 0.381 e. The minimum atomic E-state index is -1.29. The van der Waals surface area contributed by atoms with Crippen LogP contribution in [-0.2, 0) is 12.6 Å². The summed E-state index contributed by atoms with van der Waals surface area (Å²) in [4.78, 5) is 3.72. The summed E-state index contributed by atoms with van der Waals surface area (Å²) >= 11 is 0. The van der Waals surface area contributed by atoms with Crippen LogP contribution in [0.2, 0.25) is 0 Å². The van der Waals surface area contributed by atoms with E-state index in [9.17, 15) is 9.50 Å². The third-order valence-electron chi connectivity index (χ3n) is 2.53. The van der Waals surface area contributed by atoms with E-state index in [1.807, 2.05) is 0 Å². The van der Waals surface area contributed by atoms with Gasteiger partial charge < -0.3 is 5.11 Å². The average Bonchev–Trinajstić information content (AvgIpc) is 2.65. The molecule has 1 atom stereocenters. The maximum Gasteiger partial charge on any atom is 0.141 e. The summed E-state index contributed by atoms with van der Waals surface area (Å²) < 4.78 is 14.6. The van der Waals surface area contributed by atoms with E-state index >= 15 is 0 Å². The highest BCUT2D eigenvalue weighted by atomic mass is 19.1. The van der Waals surface area contributed by atoms with Gasteiger partial charge in [-0.1, -0.05) is 0 Å². The highest BCUT2D eigenvalue weighted by molar-refractivity contribution is 5.30. The van der Waals surface area contributed by atoms with Crippen LogP contribution in [0.25, 0.3) is 0 Å². The number of aromatic nitrogens is 3. The molecule has 0 amide bonds. The zero-order valence-corrected chi connectivity index (χ0v) is 9.05. The predicted octanol–water partition coefficient (Wildman–Crippen LogP) is 1.21. The van der Waals surface area contributed by atoms with E-state index in [1.165, 1.54) is 12.3 Å². The molecular formula is C11H12FN3O. The third-order valence-corrected chi connectivity index (χ3v) is 2.53. The van der Waals surface area contributed by atoms with Crippen molar-refractivity contribution in [2.45, 2.75) is 12.5 Å². The van der Waals surface area contributed by atoms with E-state index in [-0.39, 0.29) is 0 Å². The molecule has 0 radical (unpaired) electrons. The van der Waals surface area contributed by atoms with Gasteiger partial charge in [-0.25, -0.2) is 4.39 Å². The molecule has 16 heavy (non-hydrogen) atoms. The fraction of sp³-hybridized carbons (Fsp3) is 0.273. The third kappa shape index (κ3) is 1.81. The van der Waals surface area contributed by atoms with Gasteiger partial charge in [-0.3, -0.25) is 9.67 Å². The number of aryl methyl sites for hydroxylation is 1. The second-order valence-corrected chi connectivity index (χ2v) is 3.87. The Kier molecular flexibility index (Phi) is 2.47. The van der Waals surface area contributed by atoms with Crippen LogP contribution >= 0.6 is 0 Å². The fourth-order valence-electron chi connectivity index (χ4n) is 1.52. The quantitative estimate of drug-likeness (QED) is 0.829. The molecule has 2 aromatic heterocycles. The van der Waals surface area contributed by atoms with Crippen molar-refractivity contribution >= 4 is 0 Å². The van der Waals surface area contributed by atoms with Gasteiger partial charge in [-0.2, -0.15) is 5.10 Å². The number of halogens is 1. The van der Waals surface area contributed by atoms with Crippen LogP contribution < -0.4 is 0 Å². The van der Waals surface area contributed by atoms with Crippen LogP contribution in [-0.4, -0.2) is 19.9 Å². The average molecular weight is 221 g/mol. The lowest BCUT2D eigenvalue weighted by molar-refractivity contribution is 0.101. The molecule has 0 fully saturated rings. The highest BCUT2D eigenvalue weighted by Gasteiger charge is 2.27. The van der Waals surface area contributed by atoms with Crippen LogP contribution in [0.15, 0.2) is 30.9 Å². The van der Waals surface area contributed by atoms with Gasteiger partial charge in [0.15, 0.2) is 0 Å². The Labute approximate surface area is 92.4 Å². The molecule has 0 spiro atoms. The van der Waals surface area contributed by atoms with E-state index in [2.05, 4.69) is 10.1 Å². The van der Waals surface area contributed by atoms with Gasteiger partial charge in [0, 0.05) is 30.6 Å². The molecule has 2 rings (SSSR count). The van der Waals surface area contributed by atoms with Crippen LogP contribution in [0.3, 0.4) is 0 Å². The summed E-state index contributed by atoms with van der Waals surface area (Å²) in [6.07, 6.45) is 5.77. The van der Waals surface area contributed by atoms with Crippen molar-refractivity contribution in [1.82, 2.24) is 14.8 Å². The Bertz CT molecular complexity index is 507. The summed E-state index contributed by atoms with van der Waals surface area (Å²) in [5, 5.41) is 14.3. The summed E-state index contributed by atoms with van der Waals surface area (Å²) in [5.41, 5.74) is -0.286. The van der Waals surface area contributed by atoms with E-state index in [0.717, 1.165) is 6.20 Å². The standard InChI is InChI=1S/C11H12FN3O/c1-11(16,9-5-14-15(2)7-9)8-3-10(12)6-13-4-8/h3-7,16H,1-2H3. The smallest absolute Gasteiger partial charge is 0.141 e. The fourth-order valence-corrected chi connectivity index (χ4v) is 1.52. The molecule has 0 saturated heterocycles. The van der Waals surface area contributed by atoms with Gasteiger partial charge >= 0.3 is 0 Å². The van der Waals surface area contributed by atoms with Crippen molar-refractivity contribution in [2.75, 3.05) is 0 Å². The molecule has 0 aliphatic heterocycles. The van der Waals surface area contributed by atoms with Crippen molar-refractivity contribution in [1.29, 1.82) is 0 Å². The molecule has 0 aromatic carbocycles. The SMILES string of the molecule is Cn1cc(C(C)(O)c2cncc(F)c2)cn1. The van der Waals surface area contributed by atoms with Crippen molar-refractivity contribution < 1.29 is 9.50 Å². The maximum absolute atomic E-state index is 13.0. The second kappa shape index (κ2) is 3.68. The Hall–Kier alpha value is -1.75. The Morgan fingerprint density at radius 3 is 2.62 bits per heavy atom. The first kappa shape index (κ1) is 10.8. The summed E-state index contributed by atoms with van der Waals surface area (Å²) in [5.74, 6) is -0.471. The molecular weight excluding hydrogens is 209 g/mol. The monoisotopic (exact) mass is 221 g/mol. The Morgan fingerprint density at radius 2 is 2.06 bits per heavy atom. The normalized spacial score (nSPS) is 14.8. The zero-order chi connectivity index (χ0) is 11.8. The molecule has 2 aromatic rings. The lowest BCUT2D eigenvalue weighted by Crippen LogP contribution is -2.22. The van der Waals surface area contributed by atoms with Gasteiger partial charge in [0.1, 0.15) is 11.4 Å². The van der Waals surface area contributed by atoms with Gasteiger partial charge in [-0.15, -0.1) is 0 Å². The number of hydrogen-bond donors (Lipinski definition) is 1. The van der Waals surface area contributed by atoms with Gasteiger partial charge in [0.2, 0.25) is 0 Å². The molecule has 0 aliphatic carbocycles. The summed E-state index contributed by atoms with van der Waals surface area (Å²) in [7, 11) is 1.75. The first-order chi connectivity index (χ1) is 7.50. The molecule has 0 saturated carbocycles. The van der Waals surface area contributed by atoms with Crippen LogP contribution in [0.1, 0.15) is 18.1 Å². The van der Waals surface area contributed by atoms with E-state index in [0.29, 0.717) is 11.1 Å². The van der Waals surface area contributed by atoms with Crippen molar-refractivity contribution in [2.24, 2.45) is 7.05 Å². The minimum Gasteiger partial charge on any atom is -0.381 e. The van der Waals surface area contributed by atoms with E-state index < -0.39 is 11.4 Å². The molecule has 1 N–H and O–H groups in total. The first-order valence-electron chi connectivity index (χ1n) is 4.82. The second-order valence-electron chi connectivity index (χ2n) is 3.87.